The molecule has 176 valence electrons. The number of nitrogens with one attached hydrogen (secondary N) is 1. The molecule has 7 nitrogen and oxygen atoms in total. The second-order valence-electron chi connectivity index (χ2n) is 8.15. The van der Waals surface area contributed by atoms with Gasteiger partial charge in [0, 0.05) is 23.7 Å². The average molecular weight is 488 g/mol. The zero-order valence-corrected chi connectivity index (χ0v) is 19.7. The van der Waals surface area contributed by atoms with E-state index in [4.69, 9.17) is 0 Å². The molecule has 1 atom stereocenters. The smallest absolute Gasteiger partial charge is 0.237 e. The van der Waals surface area contributed by atoms with Gasteiger partial charge in [0.05, 0.1) is 17.1 Å². The molecule has 4 aromatic rings. The molecular weight excluding hydrogens is 465 g/mol. The number of hydrogen-bond acceptors (Lipinski definition) is 5. The van der Waals surface area contributed by atoms with Gasteiger partial charge in [-0.05, 0) is 55.5 Å². The second-order valence-corrected chi connectivity index (χ2v) is 9.10. The van der Waals surface area contributed by atoms with Gasteiger partial charge < -0.3 is 10.2 Å². The first-order valence-corrected chi connectivity index (χ1v) is 12.1. The van der Waals surface area contributed by atoms with Crippen molar-refractivity contribution in [2.24, 2.45) is 0 Å². The minimum Gasteiger partial charge on any atom is -0.324 e. The van der Waals surface area contributed by atoms with E-state index in [9.17, 15) is 14.0 Å². The van der Waals surface area contributed by atoms with Crippen molar-refractivity contribution in [3.8, 4) is 17.1 Å². The van der Waals surface area contributed by atoms with E-state index in [0.717, 1.165) is 5.69 Å². The van der Waals surface area contributed by atoms with Gasteiger partial charge in [-0.25, -0.2) is 4.39 Å². The first kappa shape index (κ1) is 22.8. The van der Waals surface area contributed by atoms with Crippen LogP contribution in [0.3, 0.4) is 0 Å². The summed E-state index contributed by atoms with van der Waals surface area (Å²) in [5.41, 5.74) is 2.83. The molecule has 0 aliphatic carbocycles. The summed E-state index contributed by atoms with van der Waals surface area (Å²) < 4.78 is 15.4. The van der Waals surface area contributed by atoms with Crippen LogP contribution in [0.5, 0.6) is 0 Å². The number of hydrogen-bond donors (Lipinski definition) is 1. The molecule has 0 unspecified atom stereocenters. The normalized spacial score (nSPS) is 15.3. The SMILES string of the molecule is C[C@@H]1CC(=O)Nc2ccccc2N1C(=O)CSc1nnc(-c2ccc(F)cc2)n1-c1ccccc1. The lowest BCUT2D eigenvalue weighted by atomic mass is 10.2. The lowest BCUT2D eigenvalue weighted by Crippen LogP contribution is -2.40. The van der Waals surface area contributed by atoms with Gasteiger partial charge in [0.25, 0.3) is 0 Å². The highest BCUT2D eigenvalue weighted by Crippen LogP contribution is 2.33. The number of thioether (sulfide) groups is 1. The molecule has 1 aliphatic heterocycles. The molecule has 0 bridgehead atoms. The van der Waals surface area contributed by atoms with Gasteiger partial charge in [0.1, 0.15) is 5.82 Å². The van der Waals surface area contributed by atoms with Crippen LogP contribution in [0, 0.1) is 5.82 Å². The summed E-state index contributed by atoms with van der Waals surface area (Å²) in [6.45, 7) is 1.86. The molecule has 9 heteroatoms. The third-order valence-corrected chi connectivity index (χ3v) is 6.62. The first-order valence-electron chi connectivity index (χ1n) is 11.1. The molecule has 1 N–H and O–H groups in total. The summed E-state index contributed by atoms with van der Waals surface area (Å²) in [6.07, 6.45) is 0.208. The van der Waals surface area contributed by atoms with E-state index in [2.05, 4.69) is 15.5 Å². The molecule has 0 saturated heterocycles. The molecular formula is C26H22FN5O2S. The molecule has 5 rings (SSSR count). The number of aromatic nitrogens is 3. The van der Waals surface area contributed by atoms with Crippen molar-refractivity contribution in [2.75, 3.05) is 16.0 Å². The fourth-order valence-electron chi connectivity index (χ4n) is 4.12. The molecule has 0 radical (unpaired) electrons. The number of nitrogens with zero attached hydrogens (tertiary/aromatic N) is 4. The van der Waals surface area contributed by atoms with Crippen LogP contribution in [0.25, 0.3) is 17.1 Å². The van der Waals surface area contributed by atoms with Crippen LogP contribution in [0.1, 0.15) is 13.3 Å². The Balaban J connectivity index is 1.46. The zero-order valence-electron chi connectivity index (χ0n) is 18.9. The van der Waals surface area contributed by atoms with Gasteiger partial charge in [0.2, 0.25) is 11.8 Å². The fraction of sp³-hybridized carbons (Fsp3) is 0.154. The highest BCUT2D eigenvalue weighted by Gasteiger charge is 2.30. The third-order valence-electron chi connectivity index (χ3n) is 5.70. The quantitative estimate of drug-likeness (QED) is 0.404. The van der Waals surface area contributed by atoms with E-state index in [1.165, 1.54) is 23.9 Å². The number of amides is 2. The number of carbonyl (C=O) groups excluding carboxylic acids is 2. The Morgan fingerprint density at radius 1 is 1.03 bits per heavy atom. The number of carbonyl (C=O) groups is 2. The molecule has 2 heterocycles. The van der Waals surface area contributed by atoms with Crippen LogP contribution in [0.4, 0.5) is 15.8 Å². The van der Waals surface area contributed by atoms with Crippen molar-refractivity contribution in [2.45, 2.75) is 24.5 Å². The van der Waals surface area contributed by atoms with Crippen molar-refractivity contribution in [3.05, 3.63) is 84.7 Å². The number of benzene rings is 3. The van der Waals surface area contributed by atoms with E-state index in [0.29, 0.717) is 27.9 Å². The van der Waals surface area contributed by atoms with Gasteiger partial charge in [0.15, 0.2) is 11.0 Å². The maximum atomic E-state index is 13.5. The third kappa shape index (κ3) is 4.67. The van der Waals surface area contributed by atoms with Gasteiger partial charge >= 0.3 is 0 Å². The lowest BCUT2D eigenvalue weighted by Gasteiger charge is -2.27. The molecule has 3 aromatic carbocycles. The molecule has 1 aliphatic rings. The molecule has 0 fully saturated rings. The monoisotopic (exact) mass is 487 g/mol. The van der Waals surface area contributed by atoms with Crippen LogP contribution in [0.2, 0.25) is 0 Å². The maximum absolute atomic E-state index is 13.5. The average Bonchev–Trinajstić information content (AvgIpc) is 3.23. The van der Waals surface area contributed by atoms with Crippen molar-refractivity contribution in [1.29, 1.82) is 0 Å². The Morgan fingerprint density at radius 2 is 1.74 bits per heavy atom. The summed E-state index contributed by atoms with van der Waals surface area (Å²) in [6, 6.07) is 22.6. The van der Waals surface area contributed by atoms with Crippen LogP contribution in [-0.4, -0.2) is 38.4 Å². The van der Waals surface area contributed by atoms with Crippen LogP contribution >= 0.6 is 11.8 Å². The number of rotatable bonds is 5. The van der Waals surface area contributed by atoms with Gasteiger partial charge in [-0.15, -0.1) is 10.2 Å². The van der Waals surface area contributed by atoms with E-state index >= 15 is 0 Å². The van der Waals surface area contributed by atoms with Crippen molar-refractivity contribution < 1.29 is 14.0 Å². The second kappa shape index (κ2) is 9.71. The Kier molecular flexibility index (Phi) is 6.33. The predicted molar refractivity (Wildman–Crippen MR) is 134 cm³/mol. The number of anilines is 2. The number of para-hydroxylation sites is 3. The first-order chi connectivity index (χ1) is 17.0. The van der Waals surface area contributed by atoms with Crippen molar-refractivity contribution >= 4 is 35.0 Å². The fourth-order valence-corrected chi connectivity index (χ4v) is 4.93. The molecule has 2 amide bonds. The molecule has 1 aromatic heterocycles. The van der Waals surface area contributed by atoms with E-state index in [-0.39, 0.29) is 35.8 Å². The Bertz CT molecular complexity index is 1370. The molecule has 0 saturated carbocycles. The highest BCUT2D eigenvalue weighted by molar-refractivity contribution is 7.99. The Hall–Kier alpha value is -3.98. The minimum absolute atomic E-state index is 0.0985. The predicted octanol–water partition coefficient (Wildman–Crippen LogP) is 4.93. The van der Waals surface area contributed by atoms with Crippen LogP contribution in [-0.2, 0) is 9.59 Å². The maximum Gasteiger partial charge on any atom is 0.237 e. The van der Waals surface area contributed by atoms with E-state index < -0.39 is 0 Å². The summed E-state index contributed by atoms with van der Waals surface area (Å²) in [5, 5.41) is 12.1. The van der Waals surface area contributed by atoms with E-state index in [1.54, 1.807) is 23.1 Å². The standard InChI is InChI=1S/C26H22FN5O2S/c1-17-15-23(33)28-21-9-5-6-10-22(21)31(17)24(34)16-35-26-30-29-25(18-11-13-19(27)14-12-18)32(26)20-7-3-2-4-8-20/h2-14,17H,15-16H2,1H3,(H,28,33)/t17-/m1/s1. The minimum atomic E-state index is -0.334. The Labute approximate surface area is 206 Å². The van der Waals surface area contributed by atoms with Gasteiger partial charge in [-0.3, -0.25) is 14.2 Å². The van der Waals surface area contributed by atoms with Crippen molar-refractivity contribution in [1.82, 2.24) is 14.8 Å². The number of fused-ring (bicyclic) bond motifs is 1. The molecule has 35 heavy (non-hydrogen) atoms. The largest absolute Gasteiger partial charge is 0.324 e. The zero-order chi connectivity index (χ0) is 24.4. The number of halogens is 1. The molecule has 0 spiro atoms. The highest BCUT2D eigenvalue weighted by atomic mass is 32.2. The van der Waals surface area contributed by atoms with Gasteiger partial charge in [-0.2, -0.15) is 0 Å². The summed E-state index contributed by atoms with van der Waals surface area (Å²) in [7, 11) is 0. The van der Waals surface area contributed by atoms with Crippen molar-refractivity contribution in [3.63, 3.8) is 0 Å². The Morgan fingerprint density at radius 3 is 2.51 bits per heavy atom. The van der Waals surface area contributed by atoms with Crippen LogP contribution < -0.4 is 10.2 Å². The summed E-state index contributed by atoms with van der Waals surface area (Å²) >= 11 is 1.27. The lowest BCUT2D eigenvalue weighted by molar-refractivity contribution is -0.117. The summed E-state index contributed by atoms with van der Waals surface area (Å²) in [5.74, 6) is 0.0494. The van der Waals surface area contributed by atoms with Crippen LogP contribution in [0.15, 0.2) is 84.0 Å². The van der Waals surface area contributed by atoms with E-state index in [1.807, 2.05) is 60.0 Å². The topological polar surface area (TPSA) is 80.1 Å². The van der Waals surface area contributed by atoms with Gasteiger partial charge in [-0.1, -0.05) is 42.1 Å². The summed E-state index contributed by atoms with van der Waals surface area (Å²) in [4.78, 5) is 27.4.